The van der Waals surface area contributed by atoms with Crippen LogP contribution in [0.4, 0.5) is 5.95 Å². The molecule has 1 aromatic carbocycles. The summed E-state index contributed by atoms with van der Waals surface area (Å²) < 4.78 is 8.67. The number of aromatic nitrogens is 3. The lowest BCUT2D eigenvalue weighted by Crippen LogP contribution is -2.36. The van der Waals surface area contributed by atoms with Crippen LogP contribution in [0.2, 0.25) is 0 Å². The number of hydrogen-bond acceptors (Lipinski definition) is 6. The van der Waals surface area contributed by atoms with Gasteiger partial charge in [-0.1, -0.05) is 12.6 Å². The molecule has 1 atom stereocenters. The van der Waals surface area contributed by atoms with E-state index in [1.165, 1.54) is 6.08 Å². The molecule has 0 radical (unpaired) electrons. The number of fused-ring (bicyclic) bond motifs is 1. The number of para-hydroxylation sites is 1. The van der Waals surface area contributed by atoms with Gasteiger partial charge in [-0.15, -0.1) is 0 Å². The van der Waals surface area contributed by atoms with Crippen molar-refractivity contribution in [2.45, 2.75) is 51.2 Å². The molecule has 0 spiro atoms. The minimum atomic E-state index is -0.252. The normalized spacial score (nSPS) is 19.2. The van der Waals surface area contributed by atoms with Crippen LogP contribution in [0.1, 0.15) is 54.2 Å². The van der Waals surface area contributed by atoms with Gasteiger partial charge in [-0.3, -0.25) is 19.9 Å². The lowest BCUT2D eigenvalue weighted by atomic mass is 10.1. The maximum atomic E-state index is 13.3. The summed E-state index contributed by atoms with van der Waals surface area (Å²) in [4.78, 5) is 39.1. The zero-order chi connectivity index (χ0) is 26.6. The van der Waals surface area contributed by atoms with Gasteiger partial charge in [0.25, 0.3) is 5.91 Å². The van der Waals surface area contributed by atoms with E-state index in [4.69, 9.17) is 9.72 Å². The highest BCUT2D eigenvalue weighted by Crippen LogP contribution is 2.36. The van der Waals surface area contributed by atoms with Crippen molar-refractivity contribution in [1.29, 1.82) is 0 Å². The molecule has 5 rings (SSSR count). The molecule has 200 valence electrons. The number of ether oxygens (including phenoxy) is 1. The van der Waals surface area contributed by atoms with Gasteiger partial charge in [0.1, 0.15) is 17.4 Å². The van der Waals surface area contributed by atoms with E-state index in [-0.39, 0.29) is 24.0 Å². The van der Waals surface area contributed by atoms with Crippen molar-refractivity contribution in [1.82, 2.24) is 24.3 Å². The van der Waals surface area contributed by atoms with Gasteiger partial charge in [-0.25, -0.2) is 4.98 Å². The van der Waals surface area contributed by atoms with Gasteiger partial charge in [0, 0.05) is 43.6 Å². The summed E-state index contributed by atoms with van der Waals surface area (Å²) in [6, 6.07) is 9.25. The number of nitrogens with one attached hydrogen (secondary N) is 1. The van der Waals surface area contributed by atoms with Gasteiger partial charge < -0.3 is 19.1 Å². The third kappa shape index (κ3) is 5.57. The average Bonchev–Trinajstić information content (AvgIpc) is 3.11. The second-order valence-corrected chi connectivity index (χ2v) is 10.3. The van der Waals surface area contributed by atoms with Crippen molar-refractivity contribution in [3.8, 4) is 5.75 Å². The standard InChI is InChI=1S/C29H36N6O3/c1-4-26(36)34-15-6-5-8-22(19-34)35-27-24(9-7-10-25(27)38-23-12-16-33(3)17-13-23)31-29(35)32-28(37)21-11-14-30-20(2)18-21/h4,7,9-11,14,18,22-23H,1,5-6,8,12-13,15-17,19H2,2-3H3,(H,31,32,37). The molecule has 1 unspecified atom stereocenters. The molecule has 2 saturated heterocycles. The second-order valence-electron chi connectivity index (χ2n) is 10.3. The SMILES string of the molecule is C=CC(=O)N1CCCCC(n2c(NC(=O)c3ccnc(C)c3)nc3cccc(OC4CCN(C)CC4)c32)C1. The Bertz CT molecular complexity index is 1330. The second kappa shape index (κ2) is 11.3. The zero-order valence-electron chi connectivity index (χ0n) is 22.2. The third-order valence-electron chi connectivity index (χ3n) is 7.51. The molecule has 38 heavy (non-hydrogen) atoms. The number of imidazole rings is 1. The number of aryl methyl sites for hydroxylation is 1. The predicted octanol–water partition coefficient (Wildman–Crippen LogP) is 4.20. The van der Waals surface area contributed by atoms with Crippen molar-refractivity contribution in [2.75, 3.05) is 38.5 Å². The Hall–Kier alpha value is -3.72. The first-order valence-electron chi connectivity index (χ1n) is 13.4. The summed E-state index contributed by atoms with van der Waals surface area (Å²) in [5.41, 5.74) is 2.89. The minimum absolute atomic E-state index is 0.0804. The van der Waals surface area contributed by atoms with E-state index in [1.54, 1.807) is 18.3 Å². The first-order valence-corrected chi connectivity index (χ1v) is 13.4. The van der Waals surface area contributed by atoms with Gasteiger partial charge in [0.15, 0.2) is 0 Å². The fourth-order valence-electron chi connectivity index (χ4n) is 5.46. The Morgan fingerprint density at radius 3 is 2.71 bits per heavy atom. The summed E-state index contributed by atoms with van der Waals surface area (Å²) in [5.74, 6) is 0.881. The highest BCUT2D eigenvalue weighted by atomic mass is 16.5. The van der Waals surface area contributed by atoms with Crippen LogP contribution in [0.5, 0.6) is 5.75 Å². The molecule has 2 fully saturated rings. The molecule has 2 aliphatic rings. The molecule has 1 N–H and O–H groups in total. The van der Waals surface area contributed by atoms with E-state index in [1.807, 2.05) is 30.0 Å². The van der Waals surface area contributed by atoms with E-state index in [2.05, 4.69) is 33.4 Å². The van der Waals surface area contributed by atoms with E-state index in [9.17, 15) is 9.59 Å². The smallest absolute Gasteiger partial charge is 0.258 e. The van der Waals surface area contributed by atoms with Crippen molar-refractivity contribution in [2.24, 2.45) is 0 Å². The predicted molar refractivity (Wildman–Crippen MR) is 147 cm³/mol. The van der Waals surface area contributed by atoms with E-state index in [0.717, 1.165) is 67.7 Å². The minimum Gasteiger partial charge on any atom is -0.488 e. The number of nitrogens with zero attached hydrogens (tertiary/aromatic N) is 5. The van der Waals surface area contributed by atoms with Crippen LogP contribution in [0, 0.1) is 6.92 Å². The number of carbonyl (C=O) groups excluding carboxylic acids is 2. The van der Waals surface area contributed by atoms with Crippen LogP contribution < -0.4 is 10.1 Å². The highest BCUT2D eigenvalue weighted by Gasteiger charge is 2.29. The lowest BCUT2D eigenvalue weighted by molar-refractivity contribution is -0.126. The van der Waals surface area contributed by atoms with Gasteiger partial charge in [-0.2, -0.15) is 0 Å². The van der Waals surface area contributed by atoms with Crippen LogP contribution in [-0.2, 0) is 4.79 Å². The maximum absolute atomic E-state index is 13.3. The molecular weight excluding hydrogens is 480 g/mol. The Labute approximate surface area is 223 Å². The van der Waals surface area contributed by atoms with Crippen LogP contribution in [-0.4, -0.2) is 75.5 Å². The topological polar surface area (TPSA) is 92.6 Å². The maximum Gasteiger partial charge on any atom is 0.258 e. The number of pyridine rings is 1. The van der Waals surface area contributed by atoms with Crippen LogP contribution in [0.3, 0.4) is 0 Å². The lowest BCUT2D eigenvalue weighted by Gasteiger charge is -2.30. The number of carbonyl (C=O) groups is 2. The number of anilines is 1. The number of amides is 2. The van der Waals surface area contributed by atoms with E-state index in [0.29, 0.717) is 24.6 Å². The molecule has 0 aliphatic carbocycles. The quantitative estimate of drug-likeness (QED) is 0.494. The molecule has 3 aromatic rings. The Kier molecular flexibility index (Phi) is 7.74. The Balaban J connectivity index is 1.56. The molecular formula is C29H36N6O3. The third-order valence-corrected chi connectivity index (χ3v) is 7.51. The molecule has 2 aliphatic heterocycles. The molecule has 0 bridgehead atoms. The van der Waals surface area contributed by atoms with Crippen molar-refractivity contribution in [3.63, 3.8) is 0 Å². The largest absolute Gasteiger partial charge is 0.488 e. The summed E-state index contributed by atoms with van der Waals surface area (Å²) in [6.45, 7) is 8.73. The summed E-state index contributed by atoms with van der Waals surface area (Å²) in [5, 5.41) is 3.06. The monoisotopic (exact) mass is 516 g/mol. The zero-order valence-corrected chi connectivity index (χ0v) is 22.2. The van der Waals surface area contributed by atoms with Crippen molar-refractivity contribution in [3.05, 3.63) is 60.4 Å². The number of benzene rings is 1. The number of likely N-dealkylation sites (tertiary alicyclic amines) is 2. The summed E-state index contributed by atoms with van der Waals surface area (Å²) in [7, 11) is 2.13. The van der Waals surface area contributed by atoms with Gasteiger partial charge >= 0.3 is 0 Å². The van der Waals surface area contributed by atoms with Crippen LogP contribution in [0.15, 0.2) is 49.2 Å². The Morgan fingerprint density at radius 2 is 1.95 bits per heavy atom. The van der Waals surface area contributed by atoms with Gasteiger partial charge in [0.05, 0.1) is 11.6 Å². The molecule has 9 nitrogen and oxygen atoms in total. The van der Waals surface area contributed by atoms with Crippen molar-refractivity contribution >= 4 is 28.8 Å². The van der Waals surface area contributed by atoms with Crippen LogP contribution in [0.25, 0.3) is 11.0 Å². The molecule has 0 saturated carbocycles. The Morgan fingerprint density at radius 1 is 1.13 bits per heavy atom. The number of rotatable bonds is 6. The summed E-state index contributed by atoms with van der Waals surface area (Å²) in [6.07, 6.45) is 7.76. The first kappa shape index (κ1) is 25.9. The number of piperidine rings is 1. The van der Waals surface area contributed by atoms with E-state index < -0.39 is 0 Å². The van der Waals surface area contributed by atoms with Crippen LogP contribution >= 0.6 is 0 Å². The summed E-state index contributed by atoms with van der Waals surface area (Å²) >= 11 is 0. The molecule has 2 amide bonds. The van der Waals surface area contributed by atoms with E-state index >= 15 is 0 Å². The van der Waals surface area contributed by atoms with Crippen molar-refractivity contribution < 1.29 is 14.3 Å². The number of hydrogen-bond donors (Lipinski definition) is 1. The van der Waals surface area contributed by atoms with Gasteiger partial charge in [0.2, 0.25) is 11.9 Å². The molecule has 9 heteroatoms. The molecule has 2 aromatic heterocycles. The molecule has 4 heterocycles. The van der Waals surface area contributed by atoms with Gasteiger partial charge in [-0.05, 0) is 76.4 Å². The highest BCUT2D eigenvalue weighted by molar-refractivity contribution is 6.04. The fourth-order valence-corrected chi connectivity index (χ4v) is 5.46. The average molecular weight is 517 g/mol. The fraction of sp³-hybridized carbons (Fsp3) is 0.448. The first-order chi connectivity index (χ1) is 18.4.